The first kappa shape index (κ1) is 6.79. The van der Waals surface area contributed by atoms with Crippen LogP contribution in [0.2, 0.25) is 0 Å². The van der Waals surface area contributed by atoms with Gasteiger partial charge < -0.3 is 4.79 Å². The molecule has 9 heavy (non-hydrogen) atoms. The van der Waals surface area contributed by atoms with Crippen LogP contribution in [0, 0.1) is 11.8 Å². The third-order valence-electron chi connectivity index (χ3n) is 2.35. The summed E-state index contributed by atoms with van der Waals surface area (Å²) in [5, 5.41) is 0. The smallest absolute Gasteiger partial charge is 0.123 e. The first-order valence-corrected chi connectivity index (χ1v) is 3.82. The van der Waals surface area contributed by atoms with Crippen molar-refractivity contribution in [3.8, 4) is 0 Å². The highest BCUT2D eigenvalue weighted by molar-refractivity contribution is 5.53. The Morgan fingerprint density at radius 2 is 2.33 bits per heavy atom. The van der Waals surface area contributed by atoms with Crippen LogP contribution in [0.15, 0.2) is 0 Å². The van der Waals surface area contributed by atoms with E-state index in [0.29, 0.717) is 5.92 Å². The summed E-state index contributed by atoms with van der Waals surface area (Å²) in [7, 11) is 0. The van der Waals surface area contributed by atoms with Gasteiger partial charge in [0.1, 0.15) is 6.29 Å². The molecule has 0 saturated heterocycles. The number of hydrogen-bond donors (Lipinski definition) is 0. The van der Waals surface area contributed by atoms with Crippen LogP contribution in [-0.4, -0.2) is 6.29 Å². The molecule has 0 aromatic carbocycles. The Morgan fingerprint density at radius 1 is 1.56 bits per heavy atom. The lowest BCUT2D eigenvalue weighted by molar-refractivity contribution is -0.110. The lowest BCUT2D eigenvalue weighted by atomic mass is 10.0. The van der Waals surface area contributed by atoms with Crippen molar-refractivity contribution < 1.29 is 4.79 Å². The van der Waals surface area contributed by atoms with E-state index in [1.54, 1.807) is 0 Å². The van der Waals surface area contributed by atoms with E-state index in [9.17, 15) is 4.79 Å². The summed E-state index contributed by atoms with van der Waals surface area (Å²) in [5.41, 5.74) is 0. The molecule has 0 N–H and O–H groups in total. The molecule has 0 radical (unpaired) electrons. The van der Waals surface area contributed by atoms with E-state index in [4.69, 9.17) is 0 Å². The lowest BCUT2D eigenvalue weighted by Gasteiger charge is -2.01. The normalized spacial score (nSPS) is 34.8. The lowest BCUT2D eigenvalue weighted by Crippen LogP contribution is -1.95. The second kappa shape index (κ2) is 3.00. The molecular weight excluding hydrogens is 112 g/mol. The molecule has 1 saturated carbocycles. The Kier molecular flexibility index (Phi) is 2.26. The maximum Gasteiger partial charge on any atom is 0.123 e. The molecule has 0 spiro atoms. The largest absolute Gasteiger partial charge is 0.303 e. The monoisotopic (exact) mass is 126 g/mol. The quantitative estimate of drug-likeness (QED) is 0.517. The van der Waals surface area contributed by atoms with Gasteiger partial charge in [0.15, 0.2) is 0 Å². The fourth-order valence-electron chi connectivity index (χ4n) is 1.61. The van der Waals surface area contributed by atoms with E-state index in [1.165, 1.54) is 12.8 Å². The van der Waals surface area contributed by atoms with Gasteiger partial charge in [-0.1, -0.05) is 13.3 Å². The van der Waals surface area contributed by atoms with Crippen LogP contribution >= 0.6 is 0 Å². The summed E-state index contributed by atoms with van der Waals surface area (Å²) >= 11 is 0. The van der Waals surface area contributed by atoms with Crippen molar-refractivity contribution in [2.24, 2.45) is 11.8 Å². The van der Waals surface area contributed by atoms with Crippen LogP contribution in [0.1, 0.15) is 32.6 Å². The summed E-state index contributed by atoms with van der Waals surface area (Å²) in [6.45, 7) is 2.21. The SMILES string of the molecule is CCC1CCC(C=O)C1. The highest BCUT2D eigenvalue weighted by Crippen LogP contribution is 2.31. The summed E-state index contributed by atoms with van der Waals surface area (Å²) in [6.07, 6.45) is 5.95. The third kappa shape index (κ3) is 1.54. The maximum absolute atomic E-state index is 10.3. The van der Waals surface area contributed by atoms with Crippen LogP contribution in [0.4, 0.5) is 0 Å². The van der Waals surface area contributed by atoms with Crippen LogP contribution in [0.3, 0.4) is 0 Å². The number of hydrogen-bond acceptors (Lipinski definition) is 1. The molecule has 1 fully saturated rings. The van der Waals surface area contributed by atoms with Crippen molar-refractivity contribution in [2.75, 3.05) is 0 Å². The zero-order valence-electron chi connectivity index (χ0n) is 5.97. The zero-order chi connectivity index (χ0) is 6.69. The number of rotatable bonds is 2. The van der Waals surface area contributed by atoms with Crippen molar-refractivity contribution in [1.29, 1.82) is 0 Å². The summed E-state index contributed by atoms with van der Waals surface area (Å²) in [4.78, 5) is 10.3. The molecule has 0 heterocycles. The number of carbonyl (C=O) groups excluding carboxylic acids is 1. The van der Waals surface area contributed by atoms with Crippen LogP contribution in [0.5, 0.6) is 0 Å². The third-order valence-corrected chi connectivity index (χ3v) is 2.35. The first-order chi connectivity index (χ1) is 4.36. The minimum Gasteiger partial charge on any atom is -0.303 e. The molecule has 1 rings (SSSR count). The fourth-order valence-corrected chi connectivity index (χ4v) is 1.61. The van der Waals surface area contributed by atoms with Crippen LogP contribution < -0.4 is 0 Å². The van der Waals surface area contributed by atoms with Gasteiger partial charge in [-0.25, -0.2) is 0 Å². The first-order valence-electron chi connectivity index (χ1n) is 3.82. The van der Waals surface area contributed by atoms with Crippen LogP contribution in [-0.2, 0) is 4.79 Å². The molecule has 0 aromatic rings. The molecule has 52 valence electrons. The molecule has 0 aliphatic heterocycles. The minimum absolute atomic E-state index is 0.398. The highest BCUT2D eigenvalue weighted by Gasteiger charge is 2.21. The van der Waals surface area contributed by atoms with Gasteiger partial charge in [-0.15, -0.1) is 0 Å². The van der Waals surface area contributed by atoms with Crippen molar-refractivity contribution in [3.05, 3.63) is 0 Å². The molecular formula is C8H14O. The van der Waals surface area contributed by atoms with E-state index in [2.05, 4.69) is 6.92 Å². The topological polar surface area (TPSA) is 17.1 Å². The van der Waals surface area contributed by atoms with Gasteiger partial charge in [0, 0.05) is 5.92 Å². The van der Waals surface area contributed by atoms with E-state index in [1.807, 2.05) is 0 Å². The maximum atomic E-state index is 10.3. The van der Waals surface area contributed by atoms with Gasteiger partial charge in [0.25, 0.3) is 0 Å². The average Bonchev–Trinajstić information content (AvgIpc) is 2.34. The molecule has 0 bridgehead atoms. The molecule has 0 aromatic heterocycles. The molecule has 1 aliphatic carbocycles. The predicted octanol–water partition coefficient (Wildman–Crippen LogP) is 2.01. The zero-order valence-corrected chi connectivity index (χ0v) is 5.97. The Bertz CT molecular complexity index is 98.7. The second-order valence-electron chi connectivity index (χ2n) is 2.98. The Balaban J connectivity index is 2.28. The molecule has 2 atom stereocenters. The molecule has 1 heteroatoms. The summed E-state index contributed by atoms with van der Waals surface area (Å²) in [6, 6.07) is 0. The summed E-state index contributed by atoms with van der Waals surface area (Å²) in [5.74, 6) is 1.25. The second-order valence-corrected chi connectivity index (χ2v) is 2.98. The Hall–Kier alpha value is -0.330. The van der Waals surface area contributed by atoms with E-state index < -0.39 is 0 Å². The van der Waals surface area contributed by atoms with E-state index in [-0.39, 0.29) is 0 Å². The molecule has 1 nitrogen and oxygen atoms in total. The standard InChI is InChI=1S/C8H14O/c1-2-7-3-4-8(5-7)6-9/h6-8H,2-5H2,1H3. The highest BCUT2D eigenvalue weighted by atomic mass is 16.1. The Labute approximate surface area is 56.4 Å². The fraction of sp³-hybridized carbons (Fsp3) is 0.875. The average molecular weight is 126 g/mol. The minimum atomic E-state index is 0.398. The van der Waals surface area contributed by atoms with Gasteiger partial charge >= 0.3 is 0 Å². The van der Waals surface area contributed by atoms with Crippen molar-refractivity contribution in [1.82, 2.24) is 0 Å². The van der Waals surface area contributed by atoms with Crippen LogP contribution in [0.25, 0.3) is 0 Å². The van der Waals surface area contributed by atoms with Crippen molar-refractivity contribution in [2.45, 2.75) is 32.6 Å². The van der Waals surface area contributed by atoms with Gasteiger partial charge in [-0.3, -0.25) is 0 Å². The van der Waals surface area contributed by atoms with E-state index in [0.717, 1.165) is 25.0 Å². The van der Waals surface area contributed by atoms with Gasteiger partial charge in [0.05, 0.1) is 0 Å². The van der Waals surface area contributed by atoms with E-state index >= 15 is 0 Å². The molecule has 0 amide bonds. The predicted molar refractivity (Wildman–Crippen MR) is 37.2 cm³/mol. The molecule has 1 aliphatic rings. The number of carbonyl (C=O) groups is 1. The molecule has 2 unspecified atom stereocenters. The van der Waals surface area contributed by atoms with Gasteiger partial charge in [-0.05, 0) is 25.2 Å². The Morgan fingerprint density at radius 3 is 2.67 bits per heavy atom. The van der Waals surface area contributed by atoms with Gasteiger partial charge in [0.2, 0.25) is 0 Å². The van der Waals surface area contributed by atoms with Crippen molar-refractivity contribution in [3.63, 3.8) is 0 Å². The van der Waals surface area contributed by atoms with Crippen molar-refractivity contribution >= 4 is 6.29 Å². The number of aldehydes is 1. The summed E-state index contributed by atoms with van der Waals surface area (Å²) < 4.78 is 0. The van der Waals surface area contributed by atoms with Gasteiger partial charge in [-0.2, -0.15) is 0 Å².